The van der Waals surface area contributed by atoms with E-state index >= 15 is 0 Å². The summed E-state index contributed by atoms with van der Waals surface area (Å²) in [5, 5.41) is 4.38. The van der Waals surface area contributed by atoms with E-state index in [2.05, 4.69) is 15.1 Å². The van der Waals surface area contributed by atoms with E-state index in [1.54, 1.807) is 18.9 Å². The zero-order valence-corrected chi connectivity index (χ0v) is 12.8. The smallest absolute Gasteiger partial charge is 0.257 e. The fourth-order valence-electron chi connectivity index (χ4n) is 2.10. The minimum absolute atomic E-state index is 0.129. The molecule has 0 saturated carbocycles. The largest absolute Gasteiger partial charge is 0.368 e. The molecule has 112 valence electrons. The standard InChI is InChI=1S/C14H20N6O/c1-5-20-8-11(9(2)18-20)7-19(4)13(21)12-6-16-14(15)17-10(12)3/h6,8H,5,7H2,1-4H3,(H2,15,16,17). The maximum absolute atomic E-state index is 12.4. The van der Waals surface area contributed by atoms with Gasteiger partial charge in [0.25, 0.3) is 5.91 Å². The Morgan fingerprint density at radius 1 is 1.38 bits per heavy atom. The number of carbonyl (C=O) groups excluding carboxylic acids is 1. The summed E-state index contributed by atoms with van der Waals surface area (Å²) in [6.45, 7) is 7.02. The van der Waals surface area contributed by atoms with Crippen LogP contribution in [-0.2, 0) is 13.1 Å². The van der Waals surface area contributed by atoms with Crippen molar-refractivity contribution < 1.29 is 4.79 Å². The second kappa shape index (κ2) is 5.90. The lowest BCUT2D eigenvalue weighted by atomic mass is 10.2. The zero-order chi connectivity index (χ0) is 15.6. The summed E-state index contributed by atoms with van der Waals surface area (Å²) in [4.78, 5) is 22.0. The number of nitrogen functional groups attached to an aromatic ring is 1. The van der Waals surface area contributed by atoms with Crippen LogP contribution in [0, 0.1) is 13.8 Å². The lowest BCUT2D eigenvalue weighted by Crippen LogP contribution is -2.27. The van der Waals surface area contributed by atoms with Gasteiger partial charge in [0.15, 0.2) is 0 Å². The molecular formula is C14H20N6O. The van der Waals surface area contributed by atoms with Crippen LogP contribution in [0.1, 0.15) is 34.2 Å². The van der Waals surface area contributed by atoms with Crippen molar-refractivity contribution in [2.75, 3.05) is 12.8 Å². The fourth-order valence-corrected chi connectivity index (χ4v) is 2.10. The molecule has 0 saturated heterocycles. The molecule has 2 N–H and O–H groups in total. The van der Waals surface area contributed by atoms with Crippen LogP contribution in [0.5, 0.6) is 0 Å². The molecular weight excluding hydrogens is 268 g/mol. The van der Waals surface area contributed by atoms with E-state index in [0.29, 0.717) is 17.8 Å². The van der Waals surface area contributed by atoms with Gasteiger partial charge in [-0.15, -0.1) is 0 Å². The summed E-state index contributed by atoms with van der Waals surface area (Å²) >= 11 is 0. The maximum Gasteiger partial charge on any atom is 0.257 e. The third-order valence-corrected chi connectivity index (χ3v) is 3.35. The van der Waals surface area contributed by atoms with Crippen molar-refractivity contribution in [1.82, 2.24) is 24.6 Å². The molecule has 21 heavy (non-hydrogen) atoms. The Balaban J connectivity index is 2.17. The van der Waals surface area contributed by atoms with Crippen molar-refractivity contribution in [3.63, 3.8) is 0 Å². The lowest BCUT2D eigenvalue weighted by Gasteiger charge is -2.17. The van der Waals surface area contributed by atoms with Crippen LogP contribution in [0.2, 0.25) is 0 Å². The van der Waals surface area contributed by atoms with Crippen LogP contribution in [0.25, 0.3) is 0 Å². The highest BCUT2D eigenvalue weighted by Crippen LogP contribution is 2.13. The Morgan fingerprint density at radius 3 is 2.67 bits per heavy atom. The number of nitrogens with zero attached hydrogens (tertiary/aromatic N) is 5. The maximum atomic E-state index is 12.4. The summed E-state index contributed by atoms with van der Waals surface area (Å²) in [5.74, 6) is 0.0444. The van der Waals surface area contributed by atoms with Gasteiger partial charge in [-0.2, -0.15) is 5.10 Å². The molecule has 0 radical (unpaired) electrons. The SMILES string of the molecule is CCn1cc(CN(C)C(=O)c2cnc(N)nc2C)c(C)n1. The van der Waals surface area contributed by atoms with Gasteiger partial charge in [0.05, 0.1) is 17.0 Å². The first kappa shape index (κ1) is 15.0. The minimum atomic E-state index is -0.129. The second-order valence-electron chi connectivity index (χ2n) is 4.98. The molecule has 0 fully saturated rings. The molecule has 2 heterocycles. The minimum Gasteiger partial charge on any atom is -0.368 e. The van der Waals surface area contributed by atoms with Crippen LogP contribution < -0.4 is 5.73 Å². The van der Waals surface area contributed by atoms with E-state index in [4.69, 9.17) is 5.73 Å². The quantitative estimate of drug-likeness (QED) is 0.912. The first-order valence-electron chi connectivity index (χ1n) is 6.79. The average Bonchev–Trinajstić information content (AvgIpc) is 2.78. The predicted octanol–water partition coefficient (Wildman–Crippen LogP) is 1.16. The van der Waals surface area contributed by atoms with Gasteiger partial charge < -0.3 is 10.6 Å². The van der Waals surface area contributed by atoms with E-state index in [9.17, 15) is 4.79 Å². The molecule has 7 heteroatoms. The molecule has 0 aromatic carbocycles. The Kier molecular flexibility index (Phi) is 4.21. The van der Waals surface area contributed by atoms with E-state index in [0.717, 1.165) is 17.8 Å². The number of aromatic nitrogens is 4. The fraction of sp³-hybridized carbons (Fsp3) is 0.429. The van der Waals surface area contributed by atoms with Crippen molar-refractivity contribution in [3.05, 3.63) is 34.9 Å². The van der Waals surface area contributed by atoms with Gasteiger partial charge in [-0.1, -0.05) is 0 Å². The van der Waals surface area contributed by atoms with E-state index in [1.165, 1.54) is 6.20 Å². The van der Waals surface area contributed by atoms with E-state index in [-0.39, 0.29) is 11.9 Å². The summed E-state index contributed by atoms with van der Waals surface area (Å²) in [7, 11) is 1.75. The molecule has 0 aliphatic carbocycles. The summed E-state index contributed by atoms with van der Waals surface area (Å²) in [6, 6.07) is 0. The average molecular weight is 288 g/mol. The van der Waals surface area contributed by atoms with Gasteiger partial charge in [0, 0.05) is 38.1 Å². The van der Waals surface area contributed by atoms with Gasteiger partial charge in [-0.3, -0.25) is 9.48 Å². The van der Waals surface area contributed by atoms with Gasteiger partial charge >= 0.3 is 0 Å². The first-order valence-corrected chi connectivity index (χ1v) is 6.79. The summed E-state index contributed by atoms with van der Waals surface area (Å²) in [6.07, 6.45) is 3.43. The third-order valence-electron chi connectivity index (χ3n) is 3.35. The molecule has 0 spiro atoms. The van der Waals surface area contributed by atoms with E-state index < -0.39 is 0 Å². The van der Waals surface area contributed by atoms with Gasteiger partial charge in [-0.25, -0.2) is 9.97 Å². The molecule has 0 aliphatic heterocycles. The van der Waals surface area contributed by atoms with Crippen LogP contribution in [0.3, 0.4) is 0 Å². The lowest BCUT2D eigenvalue weighted by molar-refractivity contribution is 0.0783. The van der Waals surface area contributed by atoms with Crippen molar-refractivity contribution in [2.24, 2.45) is 0 Å². The monoisotopic (exact) mass is 288 g/mol. The Hall–Kier alpha value is -2.44. The van der Waals surface area contributed by atoms with Crippen LogP contribution in [0.15, 0.2) is 12.4 Å². The molecule has 2 aromatic rings. The molecule has 0 atom stereocenters. The number of nitrogens with two attached hydrogens (primary N) is 1. The first-order chi connectivity index (χ1) is 9.92. The van der Waals surface area contributed by atoms with E-state index in [1.807, 2.05) is 24.7 Å². The van der Waals surface area contributed by atoms with Crippen molar-refractivity contribution in [2.45, 2.75) is 33.9 Å². The second-order valence-corrected chi connectivity index (χ2v) is 4.98. The predicted molar refractivity (Wildman–Crippen MR) is 79.6 cm³/mol. The molecule has 2 rings (SSSR count). The normalized spacial score (nSPS) is 10.7. The number of aryl methyl sites for hydroxylation is 3. The summed E-state index contributed by atoms with van der Waals surface area (Å²) in [5.41, 5.74) is 8.52. The molecule has 2 aromatic heterocycles. The Labute approximate surface area is 123 Å². The highest BCUT2D eigenvalue weighted by atomic mass is 16.2. The number of rotatable bonds is 4. The number of amides is 1. The van der Waals surface area contributed by atoms with Crippen molar-refractivity contribution in [1.29, 1.82) is 0 Å². The number of anilines is 1. The Bertz CT molecular complexity index is 663. The third kappa shape index (κ3) is 3.18. The van der Waals surface area contributed by atoms with Gasteiger partial charge in [0.1, 0.15) is 0 Å². The highest BCUT2D eigenvalue weighted by molar-refractivity contribution is 5.94. The molecule has 1 amide bonds. The number of hydrogen-bond donors (Lipinski definition) is 1. The Morgan fingerprint density at radius 2 is 2.10 bits per heavy atom. The van der Waals surface area contributed by atoms with Gasteiger partial charge in [-0.05, 0) is 20.8 Å². The molecule has 0 bridgehead atoms. The topological polar surface area (TPSA) is 89.9 Å². The van der Waals surface area contributed by atoms with Gasteiger partial charge in [0.2, 0.25) is 5.95 Å². The molecule has 0 aliphatic rings. The zero-order valence-electron chi connectivity index (χ0n) is 12.8. The van der Waals surface area contributed by atoms with Crippen LogP contribution in [0.4, 0.5) is 5.95 Å². The molecule has 0 unspecified atom stereocenters. The van der Waals surface area contributed by atoms with Crippen molar-refractivity contribution in [3.8, 4) is 0 Å². The number of carbonyl (C=O) groups is 1. The molecule has 7 nitrogen and oxygen atoms in total. The van der Waals surface area contributed by atoms with Crippen LogP contribution >= 0.6 is 0 Å². The number of hydrogen-bond acceptors (Lipinski definition) is 5. The van der Waals surface area contributed by atoms with Crippen molar-refractivity contribution >= 4 is 11.9 Å². The van der Waals surface area contributed by atoms with Crippen LogP contribution in [-0.4, -0.2) is 37.6 Å². The highest BCUT2D eigenvalue weighted by Gasteiger charge is 2.17. The summed E-state index contributed by atoms with van der Waals surface area (Å²) < 4.78 is 1.86.